The van der Waals surface area contributed by atoms with E-state index in [9.17, 15) is 20.1 Å². The highest BCUT2D eigenvalue weighted by Crippen LogP contribution is 2.30. The number of aliphatic hydroxyl groups excluding tert-OH is 1. The third kappa shape index (κ3) is 6.93. The monoisotopic (exact) mass is 463 g/mol. The Hall–Kier alpha value is -2.13. The molecule has 1 aromatic rings. The maximum atomic E-state index is 12.7. The van der Waals surface area contributed by atoms with Gasteiger partial charge in [-0.05, 0) is 71.0 Å². The first kappa shape index (κ1) is 25.5. The van der Waals surface area contributed by atoms with Crippen molar-refractivity contribution in [3.8, 4) is 11.5 Å². The van der Waals surface area contributed by atoms with E-state index in [1.54, 1.807) is 6.08 Å². The largest absolute Gasteiger partial charge is 0.508 e. The number of phenolic OH excluding ortho intramolecular Hbond substituents is 2. The van der Waals surface area contributed by atoms with Crippen LogP contribution in [0.25, 0.3) is 6.08 Å². The maximum Gasteiger partial charge on any atom is 0.342 e. The fourth-order valence-corrected chi connectivity index (χ4v) is 4.64. The molecular formula is C25H37NO7. The number of likely N-dealkylation sites (N-methyl/N-ethyl adjacent to an activating group) is 1. The van der Waals surface area contributed by atoms with Crippen molar-refractivity contribution in [2.45, 2.75) is 95.5 Å². The number of rotatable bonds is 3. The van der Waals surface area contributed by atoms with Gasteiger partial charge in [0.2, 0.25) is 0 Å². The summed E-state index contributed by atoms with van der Waals surface area (Å²) >= 11 is 0. The molecule has 8 nitrogen and oxygen atoms in total. The quantitative estimate of drug-likeness (QED) is 0.504. The van der Waals surface area contributed by atoms with Gasteiger partial charge in [0.15, 0.2) is 6.29 Å². The Labute approximate surface area is 195 Å². The lowest BCUT2D eigenvalue weighted by molar-refractivity contribution is -0.239. The molecule has 2 aliphatic rings. The summed E-state index contributed by atoms with van der Waals surface area (Å²) in [5.74, 6) is -1.02. The molecule has 6 atom stereocenters. The number of aliphatic hydroxyl groups is 1. The molecule has 0 radical (unpaired) electrons. The second-order valence-corrected chi connectivity index (χ2v) is 9.06. The van der Waals surface area contributed by atoms with Crippen molar-refractivity contribution in [3.05, 3.63) is 29.3 Å². The smallest absolute Gasteiger partial charge is 0.342 e. The summed E-state index contributed by atoms with van der Waals surface area (Å²) < 4.78 is 17.8. The van der Waals surface area contributed by atoms with E-state index in [-0.39, 0.29) is 41.4 Å². The second-order valence-electron chi connectivity index (χ2n) is 9.06. The molecular weight excluding hydrogens is 426 g/mol. The van der Waals surface area contributed by atoms with Crippen LogP contribution < -0.4 is 5.32 Å². The molecule has 0 unspecified atom stereocenters. The number of hydrogen-bond donors (Lipinski definition) is 4. The maximum absolute atomic E-state index is 12.7. The second kappa shape index (κ2) is 11.8. The van der Waals surface area contributed by atoms with Crippen LogP contribution >= 0.6 is 0 Å². The zero-order chi connectivity index (χ0) is 24.0. The van der Waals surface area contributed by atoms with Gasteiger partial charge in [-0.25, -0.2) is 4.79 Å². The van der Waals surface area contributed by atoms with Crippen molar-refractivity contribution >= 4 is 12.0 Å². The number of allylic oxidation sites excluding steroid dienone is 1. The molecule has 8 heteroatoms. The van der Waals surface area contributed by atoms with Gasteiger partial charge in [0.1, 0.15) is 17.1 Å². The fraction of sp³-hybridized carbons (Fsp3) is 0.640. The van der Waals surface area contributed by atoms with Crippen LogP contribution in [0.15, 0.2) is 18.2 Å². The van der Waals surface area contributed by atoms with Crippen molar-refractivity contribution in [1.29, 1.82) is 0 Å². The number of esters is 1. The Morgan fingerprint density at radius 1 is 1.12 bits per heavy atom. The van der Waals surface area contributed by atoms with Crippen LogP contribution in [-0.4, -0.2) is 65.1 Å². The highest BCUT2D eigenvalue weighted by Gasteiger charge is 2.36. The molecule has 1 saturated heterocycles. The number of benzene rings is 1. The number of carbonyl (C=O) groups is 1. The number of nitrogens with one attached hydrogen (secondary N) is 1. The number of ether oxygens (including phenoxy) is 3. The standard InChI is InChI=1S/C25H37NO7/c1-15-8-7-11-19(33-22-14-21(29)24(26-3)16(2)32-22)10-6-4-5-9-17-12-18(27)13-20(28)23(17)25(30)31-15/h5,9,12-13,15-16,19,21-22,24,26-29H,4,6-8,10-11,14H2,1-3H3/b9-5+/t15-,16+,19+,21-,22-,24+/m0/s1. The van der Waals surface area contributed by atoms with E-state index in [1.165, 1.54) is 6.07 Å². The van der Waals surface area contributed by atoms with Crippen molar-refractivity contribution in [2.24, 2.45) is 0 Å². The molecule has 0 spiro atoms. The average molecular weight is 464 g/mol. The third-order valence-corrected chi connectivity index (χ3v) is 6.37. The fourth-order valence-electron chi connectivity index (χ4n) is 4.64. The number of phenols is 2. The molecule has 0 aliphatic carbocycles. The minimum Gasteiger partial charge on any atom is -0.508 e. The van der Waals surface area contributed by atoms with Gasteiger partial charge in [-0.1, -0.05) is 12.2 Å². The lowest BCUT2D eigenvalue weighted by atomic mass is 9.99. The van der Waals surface area contributed by atoms with E-state index in [0.29, 0.717) is 18.4 Å². The number of carbonyl (C=O) groups excluding carboxylic acids is 1. The minimum absolute atomic E-state index is 0.0276. The minimum atomic E-state index is -0.609. The first-order valence-electron chi connectivity index (χ1n) is 11.9. The van der Waals surface area contributed by atoms with Crippen LogP contribution in [0.4, 0.5) is 0 Å². The number of hydrogen-bond acceptors (Lipinski definition) is 8. The van der Waals surface area contributed by atoms with Gasteiger partial charge in [0.05, 0.1) is 30.5 Å². The van der Waals surface area contributed by atoms with E-state index in [4.69, 9.17) is 14.2 Å². The van der Waals surface area contributed by atoms with Crippen LogP contribution in [0.2, 0.25) is 0 Å². The van der Waals surface area contributed by atoms with E-state index in [0.717, 1.165) is 38.2 Å². The first-order chi connectivity index (χ1) is 15.8. The number of fused-ring (bicyclic) bond motifs is 1. The van der Waals surface area contributed by atoms with Crippen LogP contribution in [0.3, 0.4) is 0 Å². The van der Waals surface area contributed by atoms with E-state index < -0.39 is 18.4 Å². The van der Waals surface area contributed by atoms with Crippen LogP contribution in [0.1, 0.15) is 74.7 Å². The molecule has 0 saturated carbocycles. The Morgan fingerprint density at radius 2 is 1.88 bits per heavy atom. The van der Waals surface area contributed by atoms with Crippen molar-refractivity contribution in [1.82, 2.24) is 5.32 Å². The molecule has 184 valence electrons. The normalized spacial score (nSPS) is 32.9. The average Bonchev–Trinajstić information content (AvgIpc) is 2.72. The third-order valence-electron chi connectivity index (χ3n) is 6.37. The Kier molecular flexibility index (Phi) is 9.14. The Balaban J connectivity index is 1.69. The predicted molar refractivity (Wildman–Crippen MR) is 124 cm³/mol. The number of aromatic hydroxyl groups is 2. The highest BCUT2D eigenvalue weighted by molar-refractivity contribution is 5.97. The zero-order valence-electron chi connectivity index (χ0n) is 19.7. The summed E-state index contributed by atoms with van der Waals surface area (Å²) in [6, 6.07) is 2.48. The van der Waals surface area contributed by atoms with Gasteiger partial charge >= 0.3 is 5.97 Å². The molecule has 0 amide bonds. The Morgan fingerprint density at radius 3 is 2.61 bits per heavy atom. The van der Waals surface area contributed by atoms with E-state index >= 15 is 0 Å². The highest BCUT2D eigenvalue weighted by atomic mass is 16.7. The molecule has 2 aliphatic heterocycles. The molecule has 1 aromatic carbocycles. The summed E-state index contributed by atoms with van der Waals surface area (Å²) in [5.41, 5.74) is 0.489. The van der Waals surface area contributed by atoms with Crippen LogP contribution in [0, 0.1) is 0 Å². The van der Waals surface area contributed by atoms with Crippen molar-refractivity contribution < 1.29 is 34.3 Å². The van der Waals surface area contributed by atoms with Crippen molar-refractivity contribution in [2.75, 3.05) is 7.05 Å². The van der Waals surface area contributed by atoms with Crippen LogP contribution in [0.5, 0.6) is 11.5 Å². The molecule has 1 fully saturated rings. The van der Waals surface area contributed by atoms with Gasteiger partial charge in [-0.15, -0.1) is 0 Å². The van der Waals surface area contributed by atoms with Gasteiger partial charge in [0, 0.05) is 12.5 Å². The SMILES string of the molecule is CN[C@H]1[C@@H](O)C[C@H](O[C@@H]2CCC/C=C/c3cc(O)cc(O)c3C(=O)O[C@@H](C)CCC2)O[C@@H]1C. The molecule has 0 aromatic heterocycles. The van der Waals surface area contributed by atoms with E-state index in [2.05, 4.69) is 5.32 Å². The first-order valence-corrected chi connectivity index (χ1v) is 11.9. The van der Waals surface area contributed by atoms with Crippen molar-refractivity contribution in [3.63, 3.8) is 0 Å². The van der Waals surface area contributed by atoms with Gasteiger partial charge < -0.3 is 34.8 Å². The van der Waals surface area contributed by atoms with Crippen LogP contribution in [-0.2, 0) is 14.2 Å². The summed E-state index contributed by atoms with van der Waals surface area (Å²) in [4.78, 5) is 12.7. The molecule has 3 rings (SSSR count). The summed E-state index contributed by atoms with van der Waals surface area (Å²) in [6.45, 7) is 3.76. The lowest BCUT2D eigenvalue weighted by Crippen LogP contribution is -2.54. The Bertz CT molecular complexity index is 815. The molecule has 2 heterocycles. The molecule has 4 N–H and O–H groups in total. The number of cyclic esters (lactones) is 1. The summed E-state index contributed by atoms with van der Waals surface area (Å²) in [7, 11) is 1.81. The van der Waals surface area contributed by atoms with Gasteiger partial charge in [-0.2, -0.15) is 0 Å². The molecule has 0 bridgehead atoms. The summed E-state index contributed by atoms with van der Waals surface area (Å²) in [5, 5.41) is 33.6. The van der Waals surface area contributed by atoms with E-state index in [1.807, 2.05) is 27.0 Å². The zero-order valence-corrected chi connectivity index (χ0v) is 19.7. The van der Waals surface area contributed by atoms with Gasteiger partial charge in [-0.3, -0.25) is 0 Å². The lowest BCUT2D eigenvalue weighted by Gasteiger charge is -2.39. The summed E-state index contributed by atoms with van der Waals surface area (Å²) in [6.07, 6.45) is 7.24. The van der Waals surface area contributed by atoms with Gasteiger partial charge in [0.25, 0.3) is 0 Å². The molecule has 33 heavy (non-hydrogen) atoms. The predicted octanol–water partition coefficient (Wildman–Crippen LogP) is 3.48. The topological polar surface area (TPSA) is 117 Å².